The predicted molar refractivity (Wildman–Crippen MR) is 139 cm³/mol. The summed E-state index contributed by atoms with van der Waals surface area (Å²) in [7, 11) is 0. The summed E-state index contributed by atoms with van der Waals surface area (Å²) >= 11 is 0. The van der Waals surface area contributed by atoms with Crippen molar-refractivity contribution in [2.45, 2.75) is 25.6 Å². The first-order valence-electron chi connectivity index (χ1n) is 12.1. The lowest BCUT2D eigenvalue weighted by Gasteiger charge is -2.29. The number of ether oxygens (including phenoxy) is 2. The van der Waals surface area contributed by atoms with Crippen molar-refractivity contribution in [3.8, 4) is 0 Å². The van der Waals surface area contributed by atoms with E-state index in [0.29, 0.717) is 17.3 Å². The van der Waals surface area contributed by atoms with Crippen LogP contribution in [0.2, 0.25) is 0 Å². The number of carbonyl (C=O) groups is 3. The van der Waals surface area contributed by atoms with Gasteiger partial charge in [0.25, 0.3) is 5.91 Å². The van der Waals surface area contributed by atoms with Gasteiger partial charge in [0.05, 0.1) is 18.3 Å². The van der Waals surface area contributed by atoms with Crippen LogP contribution in [-0.4, -0.2) is 56.9 Å². The van der Waals surface area contributed by atoms with Gasteiger partial charge in [-0.15, -0.1) is 0 Å². The lowest BCUT2D eigenvalue weighted by atomic mass is 10.1. The van der Waals surface area contributed by atoms with Gasteiger partial charge in [-0.2, -0.15) is 9.83 Å². The number of nitrogens with zero attached hydrogens (tertiary/aromatic N) is 3. The van der Waals surface area contributed by atoms with Gasteiger partial charge in [-0.3, -0.25) is 20.2 Å². The molecule has 0 aliphatic rings. The van der Waals surface area contributed by atoms with Gasteiger partial charge < -0.3 is 20.0 Å². The molecule has 0 saturated heterocycles. The summed E-state index contributed by atoms with van der Waals surface area (Å²) in [4.78, 5) is 43.0. The molecule has 202 valence electrons. The summed E-state index contributed by atoms with van der Waals surface area (Å²) in [5, 5.41) is 22.1. The number of aromatic amines is 1. The van der Waals surface area contributed by atoms with Crippen molar-refractivity contribution in [2.24, 2.45) is 4.99 Å². The van der Waals surface area contributed by atoms with E-state index >= 15 is 0 Å². The van der Waals surface area contributed by atoms with Crippen LogP contribution in [0.4, 0.5) is 4.79 Å². The smallest absolute Gasteiger partial charge is 0.409 e. The summed E-state index contributed by atoms with van der Waals surface area (Å²) in [5.74, 6) is -1.51. The minimum atomic E-state index is -1.94. The van der Waals surface area contributed by atoms with E-state index < -0.39 is 23.6 Å². The first-order valence-corrected chi connectivity index (χ1v) is 12.1. The summed E-state index contributed by atoms with van der Waals surface area (Å²) in [6.07, 6.45) is 2.42. The van der Waals surface area contributed by atoms with Crippen molar-refractivity contribution in [3.63, 3.8) is 0 Å². The fourth-order valence-electron chi connectivity index (χ4n) is 3.60. The Labute approximate surface area is 223 Å². The van der Waals surface area contributed by atoms with Gasteiger partial charge in [-0.05, 0) is 42.8 Å². The number of esters is 1. The highest BCUT2D eigenvalue weighted by molar-refractivity contribution is 6.01. The van der Waals surface area contributed by atoms with E-state index in [0.717, 1.165) is 15.8 Å². The number of alkyl carbamates (subject to hydrolysis) is 1. The molecule has 0 spiro atoms. The Kier molecular flexibility index (Phi) is 8.57. The Morgan fingerprint density at radius 1 is 1.05 bits per heavy atom. The van der Waals surface area contributed by atoms with Crippen LogP contribution in [-0.2, 0) is 20.9 Å². The second-order valence-corrected chi connectivity index (χ2v) is 8.71. The summed E-state index contributed by atoms with van der Waals surface area (Å²) < 4.78 is 11.5. The molecule has 2 aromatic carbocycles. The zero-order chi connectivity index (χ0) is 27.7. The van der Waals surface area contributed by atoms with Gasteiger partial charge in [0, 0.05) is 30.1 Å². The third kappa shape index (κ3) is 7.22. The Bertz CT molecular complexity index is 1520. The van der Waals surface area contributed by atoms with Crippen LogP contribution in [0.15, 0.2) is 84.1 Å². The molecule has 0 radical (unpaired) electrons. The Morgan fingerprint density at radius 2 is 1.85 bits per heavy atom. The van der Waals surface area contributed by atoms with Crippen molar-refractivity contribution >= 4 is 28.9 Å². The SMILES string of the molecule is C[C@@](NC(=O)OCc1ccccc1)(NC(=O)c1ccc2[nH]ncc2c1)C(=O)OCCCN=c1ccccn1O. The number of carbonyl (C=O) groups excluding carboxylic acids is 3. The Hall–Kier alpha value is -5.13. The molecule has 4 aromatic rings. The third-order valence-corrected chi connectivity index (χ3v) is 5.67. The maximum Gasteiger partial charge on any atom is 0.409 e. The average Bonchev–Trinajstić information content (AvgIpc) is 3.41. The zero-order valence-electron chi connectivity index (χ0n) is 21.2. The molecule has 0 saturated carbocycles. The number of fused-ring (bicyclic) bond motifs is 1. The van der Waals surface area contributed by atoms with Crippen LogP contribution in [0.25, 0.3) is 10.9 Å². The third-order valence-electron chi connectivity index (χ3n) is 5.67. The molecule has 2 heterocycles. The van der Waals surface area contributed by atoms with E-state index in [-0.39, 0.29) is 25.3 Å². The summed E-state index contributed by atoms with van der Waals surface area (Å²) in [6, 6.07) is 18.9. The molecule has 0 fully saturated rings. The van der Waals surface area contributed by atoms with Crippen LogP contribution in [0, 0.1) is 0 Å². The minimum Gasteiger partial charge on any atom is -0.462 e. The fourth-order valence-corrected chi connectivity index (χ4v) is 3.60. The van der Waals surface area contributed by atoms with Crippen molar-refractivity contribution in [1.82, 2.24) is 25.6 Å². The van der Waals surface area contributed by atoms with Gasteiger partial charge >= 0.3 is 12.1 Å². The molecule has 2 aromatic heterocycles. The zero-order valence-corrected chi connectivity index (χ0v) is 21.2. The van der Waals surface area contributed by atoms with E-state index in [1.54, 1.807) is 66.9 Å². The van der Waals surface area contributed by atoms with Crippen molar-refractivity contribution in [3.05, 3.63) is 95.7 Å². The molecule has 39 heavy (non-hydrogen) atoms. The van der Waals surface area contributed by atoms with Gasteiger partial charge in [-0.25, -0.2) is 9.59 Å². The molecule has 4 N–H and O–H groups in total. The lowest BCUT2D eigenvalue weighted by molar-refractivity contribution is -0.152. The molecule has 12 heteroatoms. The van der Waals surface area contributed by atoms with Gasteiger partial charge in [-0.1, -0.05) is 36.4 Å². The van der Waals surface area contributed by atoms with E-state index in [1.807, 2.05) is 6.07 Å². The summed E-state index contributed by atoms with van der Waals surface area (Å²) in [5.41, 5.74) is 0.144. The highest BCUT2D eigenvalue weighted by Crippen LogP contribution is 2.14. The van der Waals surface area contributed by atoms with Crippen molar-refractivity contribution in [1.29, 1.82) is 0 Å². The summed E-state index contributed by atoms with van der Waals surface area (Å²) in [6.45, 7) is 1.50. The van der Waals surface area contributed by atoms with Crippen LogP contribution in [0.1, 0.15) is 29.3 Å². The lowest BCUT2D eigenvalue weighted by Crippen LogP contribution is -2.64. The highest BCUT2D eigenvalue weighted by Gasteiger charge is 2.39. The van der Waals surface area contributed by atoms with Crippen LogP contribution < -0.4 is 16.1 Å². The quantitative estimate of drug-likeness (QED) is 0.106. The predicted octanol–water partition coefficient (Wildman–Crippen LogP) is 2.51. The Balaban J connectivity index is 1.42. The van der Waals surface area contributed by atoms with Gasteiger partial charge in [0.15, 0.2) is 5.49 Å². The maximum atomic E-state index is 13.1. The molecule has 0 aliphatic carbocycles. The van der Waals surface area contributed by atoms with Crippen LogP contribution in [0.5, 0.6) is 0 Å². The molecule has 0 unspecified atom stereocenters. The molecule has 12 nitrogen and oxygen atoms in total. The molecular weight excluding hydrogens is 504 g/mol. The number of pyridine rings is 1. The molecule has 0 aliphatic heterocycles. The first kappa shape index (κ1) is 26.9. The second kappa shape index (κ2) is 12.4. The highest BCUT2D eigenvalue weighted by atomic mass is 16.6. The second-order valence-electron chi connectivity index (χ2n) is 8.71. The largest absolute Gasteiger partial charge is 0.462 e. The number of H-pyrrole nitrogens is 1. The molecule has 4 rings (SSSR count). The normalized spacial score (nSPS) is 12.9. The molecular formula is C27H28N6O6. The van der Waals surface area contributed by atoms with E-state index in [4.69, 9.17) is 9.47 Å². The minimum absolute atomic E-state index is 0.0330. The van der Waals surface area contributed by atoms with E-state index in [1.165, 1.54) is 13.1 Å². The maximum absolute atomic E-state index is 13.1. The van der Waals surface area contributed by atoms with Crippen LogP contribution in [0.3, 0.4) is 0 Å². The van der Waals surface area contributed by atoms with E-state index in [9.17, 15) is 19.6 Å². The number of rotatable bonds is 10. The average molecular weight is 533 g/mol. The van der Waals surface area contributed by atoms with Gasteiger partial charge in [0.2, 0.25) is 5.66 Å². The number of hydrogen-bond donors (Lipinski definition) is 4. The fraction of sp³-hybridized carbons (Fsp3) is 0.222. The number of nitrogens with one attached hydrogen (secondary N) is 3. The monoisotopic (exact) mass is 532 g/mol. The Morgan fingerprint density at radius 3 is 2.64 bits per heavy atom. The molecule has 1 atom stereocenters. The standard InChI is InChI=1S/C27H28N6O6/c1-27(31-26(36)39-18-19-8-3-2-4-9-19,30-24(34)20-11-12-22-21(16-20)17-29-32-22)25(35)38-15-7-13-28-23-10-5-6-14-33(23)37/h2-6,8-12,14,16-17,37H,7,13,15,18H2,1H3,(H,29,32)(H,30,34)(H,31,36)/t27-/m0/s1. The number of benzene rings is 2. The molecule has 2 amide bonds. The number of hydrogen-bond acceptors (Lipinski definition) is 8. The number of aromatic nitrogens is 3. The van der Waals surface area contributed by atoms with Gasteiger partial charge in [0.1, 0.15) is 6.61 Å². The van der Waals surface area contributed by atoms with E-state index in [2.05, 4.69) is 25.8 Å². The first-order chi connectivity index (χ1) is 18.8. The topological polar surface area (TPSA) is 160 Å². The van der Waals surface area contributed by atoms with Crippen LogP contribution >= 0.6 is 0 Å². The van der Waals surface area contributed by atoms with Crippen molar-refractivity contribution in [2.75, 3.05) is 13.2 Å². The number of amides is 2. The molecule has 0 bridgehead atoms. The van der Waals surface area contributed by atoms with Crippen molar-refractivity contribution < 1.29 is 29.1 Å².